The van der Waals surface area contributed by atoms with Gasteiger partial charge in [-0.25, -0.2) is 4.57 Å². The van der Waals surface area contributed by atoms with E-state index in [1.165, 1.54) is 54.1 Å². The maximum Gasteiger partial charge on any atom is 0.263 e. The van der Waals surface area contributed by atoms with Crippen molar-refractivity contribution in [2.24, 2.45) is 5.92 Å². The van der Waals surface area contributed by atoms with E-state index >= 15 is 0 Å². The summed E-state index contributed by atoms with van der Waals surface area (Å²) < 4.78 is 13.8. The van der Waals surface area contributed by atoms with Crippen molar-refractivity contribution in [3.63, 3.8) is 0 Å². The predicted molar refractivity (Wildman–Crippen MR) is 90.2 cm³/mol. The summed E-state index contributed by atoms with van der Waals surface area (Å²) in [5, 5.41) is 0. The van der Waals surface area contributed by atoms with Gasteiger partial charge in [-0.2, -0.15) is 4.57 Å². The fourth-order valence-corrected chi connectivity index (χ4v) is 4.29. The van der Waals surface area contributed by atoms with Gasteiger partial charge in [0.05, 0.1) is 6.20 Å². The standard InChI is InChI=1S/C20H25N2/c1-14-8-4-7-11-19(14)22-15(2)20-18(17-9-5-6-10-17)12-13-21(20)16(22)3/h4,7-8,11-13,17-18H,5-6,9-10H2,1-3H3/q+1/i18D. The molecule has 2 heteroatoms. The molecule has 2 nitrogen and oxygen atoms in total. The number of rotatable bonds is 2. The molecule has 0 N–H and O–H groups in total. The summed E-state index contributed by atoms with van der Waals surface area (Å²) in [7, 11) is 0. The first-order valence-electron chi connectivity index (χ1n) is 8.93. The van der Waals surface area contributed by atoms with Crippen molar-refractivity contribution >= 4 is 6.20 Å². The fraction of sp³-hybridized carbons (Fsp3) is 0.450. The van der Waals surface area contributed by atoms with E-state index in [9.17, 15) is 1.37 Å². The number of benzene rings is 1. The van der Waals surface area contributed by atoms with Crippen molar-refractivity contribution in [1.82, 2.24) is 4.57 Å². The van der Waals surface area contributed by atoms with E-state index < -0.39 is 5.89 Å². The average Bonchev–Trinajstić information content (AvgIpc) is 3.22. The molecule has 1 aromatic carbocycles. The molecule has 2 heterocycles. The molecule has 114 valence electrons. The Morgan fingerprint density at radius 1 is 1.14 bits per heavy atom. The highest BCUT2D eigenvalue weighted by atomic mass is 15.2. The lowest BCUT2D eigenvalue weighted by Crippen LogP contribution is -2.36. The van der Waals surface area contributed by atoms with E-state index in [2.05, 4.69) is 66.4 Å². The van der Waals surface area contributed by atoms with E-state index in [1.807, 2.05) is 0 Å². The molecule has 0 amide bonds. The molecule has 0 saturated heterocycles. The maximum absolute atomic E-state index is 9.21. The van der Waals surface area contributed by atoms with Gasteiger partial charge in [0.15, 0.2) is 5.69 Å². The number of nitrogens with zero attached hydrogens (tertiary/aromatic N) is 2. The minimum absolute atomic E-state index is 0.457. The molecule has 1 saturated carbocycles. The average molecular weight is 294 g/mol. The molecule has 1 aromatic heterocycles. The third-order valence-corrected chi connectivity index (χ3v) is 5.42. The number of fused-ring (bicyclic) bond motifs is 1. The van der Waals surface area contributed by atoms with Gasteiger partial charge in [0.1, 0.15) is 11.4 Å². The third kappa shape index (κ3) is 1.89. The van der Waals surface area contributed by atoms with E-state index in [1.54, 1.807) is 0 Å². The highest BCUT2D eigenvalue weighted by molar-refractivity contribution is 5.44. The van der Waals surface area contributed by atoms with Crippen LogP contribution in [0, 0.1) is 26.7 Å². The topological polar surface area (TPSA) is 8.81 Å². The molecular weight excluding hydrogens is 268 g/mol. The van der Waals surface area contributed by atoms with Crippen LogP contribution >= 0.6 is 0 Å². The van der Waals surface area contributed by atoms with Gasteiger partial charge in [-0.3, -0.25) is 0 Å². The first kappa shape index (κ1) is 12.7. The SMILES string of the molecule is [2H]C1(C2CCCC2)C=Cn2c1c(C)[n+](-c1ccccc1C)c2C. The van der Waals surface area contributed by atoms with Crippen molar-refractivity contribution in [2.45, 2.75) is 52.3 Å². The van der Waals surface area contributed by atoms with E-state index in [-0.39, 0.29) is 0 Å². The number of hydrogen-bond acceptors (Lipinski definition) is 0. The molecule has 1 fully saturated rings. The molecule has 0 spiro atoms. The van der Waals surface area contributed by atoms with E-state index in [0.29, 0.717) is 5.92 Å². The van der Waals surface area contributed by atoms with Crippen LogP contribution in [-0.4, -0.2) is 4.57 Å². The van der Waals surface area contributed by atoms with E-state index in [0.717, 1.165) is 0 Å². The van der Waals surface area contributed by atoms with Crippen molar-refractivity contribution in [3.8, 4) is 5.69 Å². The van der Waals surface area contributed by atoms with Crippen LogP contribution in [0.25, 0.3) is 11.9 Å². The first-order chi connectivity index (χ1) is 11.0. The molecule has 1 aliphatic carbocycles. The quantitative estimate of drug-likeness (QED) is 0.724. The maximum atomic E-state index is 9.21. The molecular formula is C20H25N2+. The molecule has 2 aromatic rings. The smallest absolute Gasteiger partial charge is 0.203 e. The first-order valence-corrected chi connectivity index (χ1v) is 8.43. The lowest BCUT2D eigenvalue weighted by Gasteiger charge is -2.14. The summed E-state index contributed by atoms with van der Waals surface area (Å²) in [4.78, 5) is 0. The van der Waals surface area contributed by atoms with Gasteiger partial charge in [0, 0.05) is 21.1 Å². The summed E-state index contributed by atoms with van der Waals surface area (Å²) in [5.41, 5.74) is 4.88. The van der Waals surface area contributed by atoms with Gasteiger partial charge in [0.2, 0.25) is 0 Å². The van der Waals surface area contributed by atoms with Crippen molar-refractivity contribution in [1.29, 1.82) is 0 Å². The van der Waals surface area contributed by atoms with Crippen LogP contribution in [0.3, 0.4) is 0 Å². The fourth-order valence-electron chi connectivity index (χ4n) is 4.29. The van der Waals surface area contributed by atoms with E-state index in [4.69, 9.17) is 0 Å². The number of para-hydroxylation sites is 1. The normalized spacial score (nSPS) is 24.8. The molecule has 1 atom stereocenters. The van der Waals surface area contributed by atoms with Crippen LogP contribution in [0.15, 0.2) is 30.3 Å². The van der Waals surface area contributed by atoms with Crippen molar-refractivity contribution in [3.05, 3.63) is 53.1 Å². The minimum atomic E-state index is -0.556. The number of aromatic nitrogens is 2. The molecule has 0 bridgehead atoms. The van der Waals surface area contributed by atoms with Gasteiger partial charge >= 0.3 is 0 Å². The summed E-state index contributed by atoms with van der Waals surface area (Å²) >= 11 is 0. The van der Waals surface area contributed by atoms with Crippen LogP contribution in [0.2, 0.25) is 0 Å². The Bertz CT molecular complexity index is 796. The Labute approximate surface area is 134 Å². The second-order valence-corrected chi connectivity index (χ2v) is 6.73. The Morgan fingerprint density at radius 3 is 2.59 bits per heavy atom. The summed E-state index contributed by atoms with van der Waals surface area (Å²) in [6.45, 7) is 6.49. The number of imidazole rings is 1. The van der Waals surface area contributed by atoms with Crippen molar-refractivity contribution in [2.75, 3.05) is 0 Å². The highest BCUT2D eigenvalue weighted by Gasteiger charge is 2.38. The molecule has 1 unspecified atom stereocenters. The molecule has 0 radical (unpaired) electrons. The lowest BCUT2D eigenvalue weighted by atomic mass is 9.88. The zero-order valence-electron chi connectivity index (χ0n) is 14.8. The van der Waals surface area contributed by atoms with Gasteiger partial charge in [0.25, 0.3) is 5.82 Å². The summed E-state index contributed by atoms with van der Waals surface area (Å²) in [6, 6.07) is 8.51. The van der Waals surface area contributed by atoms with Crippen molar-refractivity contribution < 1.29 is 5.94 Å². The number of hydrogen-bond donors (Lipinski definition) is 0. The summed E-state index contributed by atoms with van der Waals surface area (Å²) in [6.07, 6.45) is 9.16. The van der Waals surface area contributed by atoms with Crippen LogP contribution < -0.4 is 4.57 Å². The Kier molecular flexibility index (Phi) is 2.95. The van der Waals surface area contributed by atoms with Gasteiger partial charge in [-0.15, -0.1) is 0 Å². The Morgan fingerprint density at radius 2 is 1.86 bits per heavy atom. The molecule has 4 rings (SSSR count). The number of allylic oxidation sites excluding steroid dienone is 1. The van der Waals surface area contributed by atoms with Gasteiger partial charge in [-0.1, -0.05) is 31.0 Å². The molecule has 1 aliphatic heterocycles. The van der Waals surface area contributed by atoms with Crippen LogP contribution in [-0.2, 0) is 0 Å². The monoisotopic (exact) mass is 294 g/mol. The zero-order chi connectivity index (χ0) is 16.2. The van der Waals surface area contributed by atoms with Gasteiger partial charge < -0.3 is 0 Å². The van der Waals surface area contributed by atoms with Crippen LogP contribution in [0.4, 0.5) is 0 Å². The van der Waals surface area contributed by atoms with Gasteiger partial charge in [-0.05, 0) is 43.4 Å². The molecule has 2 aliphatic rings. The Hall–Kier alpha value is -1.83. The largest absolute Gasteiger partial charge is 0.263 e. The molecule has 22 heavy (non-hydrogen) atoms. The second kappa shape index (κ2) is 5.12. The summed E-state index contributed by atoms with van der Waals surface area (Å²) in [5.74, 6) is 1.09. The highest BCUT2D eigenvalue weighted by Crippen LogP contribution is 2.42. The number of aryl methyl sites for hydroxylation is 1. The second-order valence-electron chi connectivity index (χ2n) is 6.73. The van der Waals surface area contributed by atoms with Crippen LogP contribution in [0.5, 0.6) is 0 Å². The lowest BCUT2D eigenvalue weighted by molar-refractivity contribution is -0.609. The minimum Gasteiger partial charge on any atom is -0.203 e. The predicted octanol–water partition coefficient (Wildman–Crippen LogP) is 4.45. The zero-order valence-corrected chi connectivity index (χ0v) is 13.8. The van der Waals surface area contributed by atoms with Crippen LogP contribution in [0.1, 0.15) is 55.7 Å². The Balaban J connectivity index is 1.91. The third-order valence-electron chi connectivity index (χ3n) is 5.42.